The quantitative estimate of drug-likeness (QED) is 0.497. The molecule has 0 aliphatic carbocycles. The highest BCUT2D eigenvalue weighted by Gasteiger charge is 2.19. The Balaban J connectivity index is 2.50. The highest BCUT2D eigenvalue weighted by atomic mass is 16.7. The molecular weight excluding hydrogens is 242 g/mol. The number of fused-ring (bicyclic) bond motifs is 1. The lowest BCUT2D eigenvalue weighted by Crippen LogP contribution is -2.12. The monoisotopic (exact) mass is 251 g/mol. The van der Waals surface area contributed by atoms with Crippen LogP contribution < -0.4 is 4.74 Å². The predicted molar refractivity (Wildman–Crippen MR) is 60.1 cm³/mol. The smallest absolute Gasteiger partial charge is 0.328 e. The van der Waals surface area contributed by atoms with Gasteiger partial charge in [-0.2, -0.15) is 0 Å². The van der Waals surface area contributed by atoms with E-state index in [9.17, 15) is 14.9 Å². The molecule has 0 aromatic heterocycles. The number of benzene rings is 1. The summed E-state index contributed by atoms with van der Waals surface area (Å²) in [5, 5.41) is 19.3. The fourth-order valence-electron chi connectivity index (χ4n) is 1.62. The first-order valence-electron chi connectivity index (χ1n) is 5.01. The molecule has 0 saturated heterocycles. The number of carbonyl (C=O) groups is 1. The molecule has 18 heavy (non-hydrogen) atoms. The van der Waals surface area contributed by atoms with Crippen LogP contribution in [0, 0.1) is 10.1 Å². The second-order valence-electron chi connectivity index (χ2n) is 3.56. The molecule has 94 valence electrons. The van der Waals surface area contributed by atoms with Crippen molar-refractivity contribution >= 4 is 17.7 Å². The molecule has 1 N–H and O–H groups in total. The number of non-ortho nitro benzene ring substituents is 1. The molecule has 7 heteroatoms. The van der Waals surface area contributed by atoms with Crippen LogP contribution in [-0.4, -0.2) is 22.8 Å². The normalized spacial score (nSPS) is 14.0. The van der Waals surface area contributed by atoms with Crippen molar-refractivity contribution in [2.24, 2.45) is 0 Å². The molecule has 0 radical (unpaired) electrons. The molecule has 0 fully saturated rings. The summed E-state index contributed by atoms with van der Waals surface area (Å²) in [5.74, 6) is -0.716. The number of hydrogen-bond donors (Lipinski definition) is 1. The average Bonchev–Trinajstić information content (AvgIpc) is 2.35. The van der Waals surface area contributed by atoms with Crippen LogP contribution in [0.1, 0.15) is 11.1 Å². The van der Waals surface area contributed by atoms with E-state index in [1.54, 1.807) is 0 Å². The van der Waals surface area contributed by atoms with Gasteiger partial charge in [0.2, 0.25) is 0 Å². The standard InChI is InChI=1S/C11H9NO6/c13-10(14)2-1-7-3-9(12(15)16)4-8-5-17-6-18-11(7)8/h1-4H,5-6H2,(H,13,14)/b2-1+. The van der Waals surface area contributed by atoms with Crippen molar-refractivity contribution in [3.63, 3.8) is 0 Å². The van der Waals surface area contributed by atoms with Gasteiger partial charge in [-0.05, 0) is 6.08 Å². The summed E-state index contributed by atoms with van der Waals surface area (Å²) in [6.45, 7) is 0.240. The lowest BCUT2D eigenvalue weighted by molar-refractivity contribution is -0.385. The number of carboxylic acid groups (broad SMARTS) is 1. The molecule has 0 spiro atoms. The summed E-state index contributed by atoms with van der Waals surface area (Å²) in [6.07, 6.45) is 2.16. The van der Waals surface area contributed by atoms with E-state index in [0.717, 1.165) is 6.08 Å². The molecule has 1 aliphatic rings. The van der Waals surface area contributed by atoms with Gasteiger partial charge in [0.15, 0.2) is 6.79 Å². The molecule has 0 saturated carbocycles. The summed E-state index contributed by atoms with van der Waals surface area (Å²) < 4.78 is 10.3. The van der Waals surface area contributed by atoms with Crippen LogP contribution >= 0.6 is 0 Å². The van der Waals surface area contributed by atoms with Gasteiger partial charge < -0.3 is 14.6 Å². The zero-order valence-electron chi connectivity index (χ0n) is 9.16. The SMILES string of the molecule is O=C(O)/C=C/c1cc([N+](=O)[O-])cc2c1OCOC2. The largest absolute Gasteiger partial charge is 0.478 e. The minimum atomic E-state index is -1.14. The minimum absolute atomic E-state index is 0.0404. The lowest BCUT2D eigenvalue weighted by atomic mass is 10.1. The third kappa shape index (κ3) is 2.46. The van der Waals surface area contributed by atoms with E-state index in [2.05, 4.69) is 0 Å². The topological polar surface area (TPSA) is 98.9 Å². The fourth-order valence-corrected chi connectivity index (χ4v) is 1.62. The van der Waals surface area contributed by atoms with Gasteiger partial charge in [0.05, 0.1) is 11.5 Å². The fraction of sp³-hybridized carbons (Fsp3) is 0.182. The Morgan fingerprint density at radius 1 is 1.50 bits per heavy atom. The summed E-state index contributed by atoms with van der Waals surface area (Å²) in [4.78, 5) is 20.7. The van der Waals surface area contributed by atoms with Gasteiger partial charge >= 0.3 is 5.97 Å². The van der Waals surface area contributed by atoms with Gasteiger partial charge in [0.1, 0.15) is 5.75 Å². The van der Waals surface area contributed by atoms with Crippen LogP contribution in [-0.2, 0) is 16.1 Å². The second kappa shape index (κ2) is 4.84. The highest BCUT2D eigenvalue weighted by molar-refractivity contribution is 5.86. The number of nitrogens with zero attached hydrogens (tertiary/aromatic N) is 1. The van der Waals surface area contributed by atoms with Crippen molar-refractivity contribution in [1.29, 1.82) is 0 Å². The Bertz CT molecular complexity index is 537. The van der Waals surface area contributed by atoms with E-state index >= 15 is 0 Å². The van der Waals surface area contributed by atoms with Crippen molar-refractivity contribution < 1.29 is 24.3 Å². The Morgan fingerprint density at radius 2 is 2.28 bits per heavy atom. The van der Waals surface area contributed by atoms with Gasteiger partial charge in [-0.25, -0.2) is 4.79 Å². The van der Waals surface area contributed by atoms with Gasteiger partial charge in [-0.15, -0.1) is 0 Å². The first-order valence-corrected chi connectivity index (χ1v) is 5.01. The molecule has 2 rings (SSSR count). The van der Waals surface area contributed by atoms with Crippen LogP contribution in [0.3, 0.4) is 0 Å². The van der Waals surface area contributed by atoms with E-state index in [1.807, 2.05) is 0 Å². The number of rotatable bonds is 3. The Kier molecular flexibility index (Phi) is 3.24. The third-order valence-corrected chi connectivity index (χ3v) is 2.34. The van der Waals surface area contributed by atoms with Crippen LogP contribution in [0.2, 0.25) is 0 Å². The number of nitro benzene ring substituents is 1. The summed E-state index contributed by atoms with van der Waals surface area (Å²) >= 11 is 0. The Hall–Kier alpha value is -2.41. The third-order valence-electron chi connectivity index (χ3n) is 2.34. The van der Waals surface area contributed by atoms with Gasteiger partial charge in [-0.1, -0.05) is 0 Å². The van der Waals surface area contributed by atoms with Crippen molar-refractivity contribution in [3.8, 4) is 5.75 Å². The number of nitro groups is 1. The Labute approximate surface area is 101 Å². The molecule has 1 aliphatic heterocycles. The molecule has 1 aromatic rings. The van der Waals surface area contributed by atoms with Crippen LogP contribution in [0.25, 0.3) is 6.08 Å². The molecule has 0 amide bonds. The Morgan fingerprint density at radius 3 is 2.94 bits per heavy atom. The average molecular weight is 251 g/mol. The van der Waals surface area contributed by atoms with E-state index in [1.165, 1.54) is 18.2 Å². The van der Waals surface area contributed by atoms with Crippen LogP contribution in [0.5, 0.6) is 5.75 Å². The van der Waals surface area contributed by atoms with Crippen molar-refractivity contribution in [2.75, 3.05) is 6.79 Å². The molecule has 0 atom stereocenters. The molecule has 0 bridgehead atoms. The number of carboxylic acids is 1. The van der Waals surface area contributed by atoms with E-state index in [-0.39, 0.29) is 19.1 Å². The highest BCUT2D eigenvalue weighted by Crippen LogP contribution is 2.33. The van der Waals surface area contributed by atoms with Crippen molar-refractivity contribution in [1.82, 2.24) is 0 Å². The van der Waals surface area contributed by atoms with E-state index in [0.29, 0.717) is 16.9 Å². The first kappa shape index (κ1) is 12.1. The van der Waals surface area contributed by atoms with E-state index in [4.69, 9.17) is 14.6 Å². The maximum absolute atomic E-state index is 10.8. The molecule has 1 aromatic carbocycles. The van der Waals surface area contributed by atoms with E-state index < -0.39 is 10.9 Å². The summed E-state index contributed by atoms with van der Waals surface area (Å²) in [7, 11) is 0. The first-order chi connectivity index (χ1) is 8.58. The van der Waals surface area contributed by atoms with Crippen molar-refractivity contribution in [2.45, 2.75) is 6.61 Å². The van der Waals surface area contributed by atoms with Gasteiger partial charge in [0, 0.05) is 29.3 Å². The molecule has 7 nitrogen and oxygen atoms in total. The number of hydrogen-bond acceptors (Lipinski definition) is 5. The predicted octanol–water partition coefficient (Wildman–Crippen LogP) is 1.56. The number of ether oxygens (including phenoxy) is 2. The van der Waals surface area contributed by atoms with Crippen LogP contribution in [0.4, 0.5) is 5.69 Å². The van der Waals surface area contributed by atoms with Gasteiger partial charge in [0.25, 0.3) is 5.69 Å². The zero-order valence-corrected chi connectivity index (χ0v) is 9.16. The lowest BCUT2D eigenvalue weighted by Gasteiger charge is -2.19. The van der Waals surface area contributed by atoms with Crippen LogP contribution in [0.15, 0.2) is 18.2 Å². The zero-order chi connectivity index (χ0) is 13.1. The molecule has 0 unspecified atom stereocenters. The summed E-state index contributed by atoms with van der Waals surface area (Å²) in [5.41, 5.74) is 0.748. The molecule has 1 heterocycles. The molecular formula is C11H9NO6. The maximum Gasteiger partial charge on any atom is 0.328 e. The van der Waals surface area contributed by atoms with Gasteiger partial charge in [-0.3, -0.25) is 10.1 Å². The van der Waals surface area contributed by atoms with Crippen molar-refractivity contribution in [3.05, 3.63) is 39.4 Å². The summed E-state index contributed by atoms with van der Waals surface area (Å²) in [6, 6.07) is 2.62. The second-order valence-corrected chi connectivity index (χ2v) is 3.56. The maximum atomic E-state index is 10.8. The minimum Gasteiger partial charge on any atom is -0.478 e. The number of aliphatic carboxylic acids is 1.